The van der Waals surface area contributed by atoms with Crippen molar-refractivity contribution in [2.75, 3.05) is 13.2 Å². The van der Waals surface area contributed by atoms with Crippen molar-refractivity contribution in [3.8, 4) is 0 Å². The van der Waals surface area contributed by atoms with Crippen LogP contribution in [0.15, 0.2) is 12.2 Å². The summed E-state index contributed by atoms with van der Waals surface area (Å²) in [6, 6.07) is 0. The molecule has 122 valence electrons. The number of carbonyl (C=O) groups excluding carboxylic acids is 2. The maximum atomic E-state index is 11.2. The van der Waals surface area contributed by atoms with E-state index < -0.39 is 11.9 Å². The van der Waals surface area contributed by atoms with Crippen molar-refractivity contribution in [1.29, 1.82) is 0 Å². The highest BCUT2D eigenvalue weighted by molar-refractivity contribution is 6.29. The Morgan fingerprint density at radius 1 is 1.00 bits per heavy atom. The van der Waals surface area contributed by atoms with Crippen LogP contribution in [-0.2, 0) is 19.1 Å². The molecule has 1 atom stereocenters. The molecule has 0 saturated carbocycles. The van der Waals surface area contributed by atoms with Gasteiger partial charge in [-0.25, -0.2) is 9.59 Å². The molecular formula is C17H30O4. The summed E-state index contributed by atoms with van der Waals surface area (Å²) >= 11 is 0. The molecule has 0 heterocycles. The van der Waals surface area contributed by atoms with Crippen molar-refractivity contribution >= 4 is 11.9 Å². The molecule has 0 radical (unpaired) electrons. The van der Waals surface area contributed by atoms with Crippen LogP contribution < -0.4 is 0 Å². The molecule has 0 saturated heterocycles. The Kier molecular flexibility index (Phi) is 12.8. The Bertz CT molecular complexity index is 310. The van der Waals surface area contributed by atoms with Gasteiger partial charge in [-0.2, -0.15) is 0 Å². The van der Waals surface area contributed by atoms with E-state index in [1.54, 1.807) is 6.92 Å². The molecule has 0 aliphatic rings. The number of hydrogen-bond acceptors (Lipinski definition) is 4. The zero-order valence-electron chi connectivity index (χ0n) is 13.7. The molecule has 0 aliphatic heterocycles. The van der Waals surface area contributed by atoms with Crippen LogP contribution in [0.1, 0.15) is 65.7 Å². The van der Waals surface area contributed by atoms with E-state index in [0.29, 0.717) is 5.92 Å². The Hall–Kier alpha value is -1.32. The number of esters is 2. The monoisotopic (exact) mass is 298 g/mol. The second kappa shape index (κ2) is 13.7. The van der Waals surface area contributed by atoms with E-state index >= 15 is 0 Å². The van der Waals surface area contributed by atoms with Crippen molar-refractivity contribution in [2.45, 2.75) is 65.7 Å². The maximum Gasteiger partial charge on any atom is 0.417 e. The maximum absolute atomic E-state index is 11.2. The first kappa shape index (κ1) is 19.7. The van der Waals surface area contributed by atoms with E-state index in [-0.39, 0.29) is 13.2 Å². The minimum atomic E-state index is -0.909. The second-order valence-corrected chi connectivity index (χ2v) is 5.25. The predicted molar refractivity (Wildman–Crippen MR) is 83.9 cm³/mol. The molecule has 0 spiro atoms. The van der Waals surface area contributed by atoms with Crippen LogP contribution in [0.25, 0.3) is 0 Å². The predicted octanol–water partition coefficient (Wildman–Crippen LogP) is 4.04. The van der Waals surface area contributed by atoms with Crippen molar-refractivity contribution in [3.63, 3.8) is 0 Å². The van der Waals surface area contributed by atoms with Crippen molar-refractivity contribution in [1.82, 2.24) is 0 Å². The molecule has 4 nitrogen and oxygen atoms in total. The third kappa shape index (κ3) is 12.2. The summed E-state index contributed by atoms with van der Waals surface area (Å²) in [7, 11) is 0. The van der Waals surface area contributed by atoms with Crippen LogP contribution in [0.2, 0.25) is 0 Å². The fourth-order valence-electron chi connectivity index (χ4n) is 1.88. The topological polar surface area (TPSA) is 52.6 Å². The zero-order chi connectivity index (χ0) is 15.9. The molecule has 0 N–H and O–H groups in total. The summed E-state index contributed by atoms with van der Waals surface area (Å²) in [6.45, 7) is 6.38. The highest BCUT2D eigenvalue weighted by Gasteiger charge is 2.16. The Morgan fingerprint density at radius 2 is 1.67 bits per heavy atom. The normalized spacial score (nSPS) is 12.3. The molecular weight excluding hydrogens is 268 g/mol. The molecule has 1 unspecified atom stereocenters. The average Bonchev–Trinajstić information content (AvgIpc) is 2.46. The molecule has 0 aromatic carbocycles. The van der Waals surface area contributed by atoms with Crippen LogP contribution in [0.3, 0.4) is 0 Å². The Morgan fingerprint density at radius 3 is 2.33 bits per heavy atom. The number of allylic oxidation sites excluding steroid dienone is 2. The van der Waals surface area contributed by atoms with Gasteiger partial charge in [-0.05, 0) is 32.1 Å². The lowest BCUT2D eigenvalue weighted by molar-refractivity contribution is -0.167. The summed E-state index contributed by atoms with van der Waals surface area (Å²) in [4.78, 5) is 22.2. The van der Waals surface area contributed by atoms with Gasteiger partial charge in [-0.3, -0.25) is 0 Å². The van der Waals surface area contributed by atoms with Crippen LogP contribution in [-0.4, -0.2) is 25.2 Å². The van der Waals surface area contributed by atoms with Gasteiger partial charge < -0.3 is 9.47 Å². The molecule has 0 aliphatic carbocycles. The van der Waals surface area contributed by atoms with Crippen LogP contribution >= 0.6 is 0 Å². The van der Waals surface area contributed by atoms with Gasteiger partial charge in [0.15, 0.2) is 0 Å². The largest absolute Gasteiger partial charge is 0.458 e. The molecule has 0 amide bonds. The first-order valence-electron chi connectivity index (χ1n) is 8.12. The molecule has 0 aromatic heterocycles. The highest BCUT2D eigenvalue weighted by Crippen LogP contribution is 2.08. The molecule has 0 fully saturated rings. The zero-order valence-corrected chi connectivity index (χ0v) is 13.7. The van der Waals surface area contributed by atoms with Gasteiger partial charge in [0.05, 0.1) is 13.2 Å². The van der Waals surface area contributed by atoms with Crippen molar-refractivity contribution < 1.29 is 19.1 Å². The Balaban J connectivity index is 3.59. The molecule has 21 heavy (non-hydrogen) atoms. The van der Waals surface area contributed by atoms with E-state index in [1.165, 1.54) is 32.1 Å². The smallest absolute Gasteiger partial charge is 0.417 e. The summed E-state index contributed by atoms with van der Waals surface area (Å²) in [5.74, 6) is -1.47. The van der Waals surface area contributed by atoms with Crippen LogP contribution in [0.5, 0.6) is 0 Å². The summed E-state index contributed by atoms with van der Waals surface area (Å²) in [6.07, 6.45) is 12.6. The van der Waals surface area contributed by atoms with E-state index in [0.717, 1.165) is 12.8 Å². The third-order valence-corrected chi connectivity index (χ3v) is 3.19. The minimum Gasteiger partial charge on any atom is -0.458 e. The lowest BCUT2D eigenvalue weighted by Crippen LogP contribution is -2.21. The number of rotatable bonds is 11. The van der Waals surface area contributed by atoms with Gasteiger partial charge in [0, 0.05) is 0 Å². The van der Waals surface area contributed by atoms with E-state index in [1.807, 2.05) is 0 Å². The molecule has 0 bridgehead atoms. The third-order valence-electron chi connectivity index (χ3n) is 3.19. The minimum absolute atomic E-state index is 0.186. The van der Waals surface area contributed by atoms with E-state index in [2.05, 4.69) is 30.7 Å². The van der Waals surface area contributed by atoms with Crippen LogP contribution in [0.4, 0.5) is 0 Å². The number of unbranched alkanes of at least 4 members (excludes halogenated alkanes) is 5. The van der Waals surface area contributed by atoms with Gasteiger partial charge in [-0.1, -0.05) is 51.7 Å². The van der Waals surface area contributed by atoms with Gasteiger partial charge in [0.2, 0.25) is 0 Å². The number of carbonyl (C=O) groups is 2. The Labute approximate surface area is 128 Å². The quantitative estimate of drug-likeness (QED) is 0.250. The first-order chi connectivity index (χ1) is 10.1. The lowest BCUT2D eigenvalue weighted by Gasteiger charge is -2.07. The second-order valence-electron chi connectivity index (χ2n) is 5.25. The SMILES string of the molecule is CCCCCCCC=CC(C)CCOC(=O)C(=O)OCC. The lowest BCUT2D eigenvalue weighted by atomic mass is 10.1. The molecule has 0 rings (SSSR count). The fraction of sp³-hybridized carbons (Fsp3) is 0.765. The first-order valence-corrected chi connectivity index (χ1v) is 8.12. The average molecular weight is 298 g/mol. The standard InChI is InChI=1S/C17H30O4/c1-4-6-7-8-9-10-11-12-15(3)13-14-21-17(19)16(18)20-5-2/h11-12,15H,4-10,13-14H2,1-3H3. The van der Waals surface area contributed by atoms with Gasteiger partial charge in [0.1, 0.15) is 0 Å². The number of hydrogen-bond donors (Lipinski definition) is 0. The fourth-order valence-corrected chi connectivity index (χ4v) is 1.88. The van der Waals surface area contributed by atoms with Gasteiger partial charge >= 0.3 is 11.9 Å². The van der Waals surface area contributed by atoms with Gasteiger partial charge in [0.25, 0.3) is 0 Å². The van der Waals surface area contributed by atoms with E-state index in [9.17, 15) is 9.59 Å². The van der Waals surface area contributed by atoms with Gasteiger partial charge in [-0.15, -0.1) is 0 Å². The van der Waals surface area contributed by atoms with E-state index in [4.69, 9.17) is 4.74 Å². The molecule has 4 heteroatoms. The number of ether oxygens (including phenoxy) is 2. The van der Waals surface area contributed by atoms with Crippen molar-refractivity contribution in [3.05, 3.63) is 12.2 Å². The summed E-state index contributed by atoms with van der Waals surface area (Å²) in [5, 5.41) is 0. The van der Waals surface area contributed by atoms with Crippen molar-refractivity contribution in [2.24, 2.45) is 5.92 Å². The summed E-state index contributed by atoms with van der Waals surface area (Å²) < 4.78 is 9.40. The van der Waals surface area contributed by atoms with Crippen LogP contribution in [0, 0.1) is 5.92 Å². The molecule has 0 aromatic rings. The summed E-state index contributed by atoms with van der Waals surface area (Å²) in [5.41, 5.74) is 0. The highest BCUT2D eigenvalue weighted by atomic mass is 16.6.